The highest BCUT2D eigenvalue weighted by Gasteiger charge is 2.27. The molecule has 144 valence electrons. The number of methoxy groups -OCH3 is 1. The van der Waals surface area contributed by atoms with Crippen molar-refractivity contribution >= 4 is 11.8 Å². The lowest BCUT2D eigenvalue weighted by Gasteiger charge is -2.27. The molecule has 0 unspecified atom stereocenters. The first kappa shape index (κ1) is 18.9. The fourth-order valence-electron chi connectivity index (χ4n) is 2.94. The maximum atomic E-state index is 12.8. The molecule has 0 fully saturated rings. The predicted octanol–water partition coefficient (Wildman–Crippen LogP) is 0.839. The van der Waals surface area contributed by atoms with Crippen molar-refractivity contribution in [3.05, 3.63) is 47.3 Å². The molecule has 8 nitrogen and oxygen atoms in total. The van der Waals surface area contributed by atoms with Crippen molar-refractivity contribution in [2.45, 2.75) is 13.1 Å². The zero-order chi connectivity index (χ0) is 19.4. The molecule has 0 spiro atoms. The van der Waals surface area contributed by atoms with E-state index in [4.69, 9.17) is 4.74 Å². The van der Waals surface area contributed by atoms with Crippen molar-refractivity contribution in [1.82, 2.24) is 24.9 Å². The number of rotatable bonds is 7. The molecule has 0 saturated heterocycles. The van der Waals surface area contributed by atoms with Crippen LogP contribution in [0, 0.1) is 0 Å². The van der Waals surface area contributed by atoms with E-state index in [1.165, 1.54) is 0 Å². The van der Waals surface area contributed by atoms with E-state index in [1.54, 1.807) is 22.8 Å². The quantitative estimate of drug-likeness (QED) is 0.780. The second kappa shape index (κ2) is 8.22. The third-order valence-corrected chi connectivity index (χ3v) is 4.48. The Balaban J connectivity index is 1.66. The number of carbonyl (C=O) groups excluding carboxylic acids is 2. The van der Waals surface area contributed by atoms with E-state index in [0.717, 1.165) is 17.9 Å². The highest BCUT2D eigenvalue weighted by Crippen LogP contribution is 2.18. The number of nitrogens with zero attached hydrogens (tertiary/aromatic N) is 4. The summed E-state index contributed by atoms with van der Waals surface area (Å²) in [7, 11) is 5.51. The van der Waals surface area contributed by atoms with Gasteiger partial charge in [-0.2, -0.15) is 5.10 Å². The number of fused-ring (bicyclic) bond motifs is 1. The number of hydrogen-bond acceptors (Lipinski definition) is 5. The lowest BCUT2D eigenvalue weighted by molar-refractivity contribution is 0.0683. The molecule has 0 atom stereocenters. The molecule has 1 aromatic heterocycles. The van der Waals surface area contributed by atoms with Gasteiger partial charge in [-0.1, -0.05) is 12.1 Å². The van der Waals surface area contributed by atoms with Gasteiger partial charge in [0.15, 0.2) is 5.69 Å². The fraction of sp³-hybridized carbons (Fsp3) is 0.421. The molecule has 0 bridgehead atoms. The van der Waals surface area contributed by atoms with Gasteiger partial charge in [0.1, 0.15) is 11.4 Å². The van der Waals surface area contributed by atoms with E-state index in [-0.39, 0.29) is 17.5 Å². The first-order valence-electron chi connectivity index (χ1n) is 8.91. The van der Waals surface area contributed by atoms with E-state index in [1.807, 2.05) is 43.3 Å². The number of likely N-dealkylation sites (N-methyl/N-ethyl adjacent to an activating group) is 1. The standard InChI is InChI=1S/C19H25N5O3/c1-22(2)9-8-20-18(25)16-12-17-19(26)23(10-11-24(17)21-16)13-14-4-6-15(27-3)7-5-14/h4-7,12H,8-11,13H2,1-3H3,(H,20,25). The summed E-state index contributed by atoms with van der Waals surface area (Å²) in [6.07, 6.45) is 0. The average molecular weight is 371 g/mol. The highest BCUT2D eigenvalue weighted by molar-refractivity contribution is 5.98. The van der Waals surface area contributed by atoms with Gasteiger partial charge in [-0.3, -0.25) is 14.3 Å². The molecule has 2 amide bonds. The zero-order valence-corrected chi connectivity index (χ0v) is 15.9. The van der Waals surface area contributed by atoms with E-state index in [2.05, 4.69) is 10.4 Å². The predicted molar refractivity (Wildman–Crippen MR) is 101 cm³/mol. The number of aromatic nitrogens is 2. The number of carbonyl (C=O) groups is 2. The third kappa shape index (κ3) is 4.46. The van der Waals surface area contributed by atoms with Crippen LogP contribution in [0.15, 0.2) is 30.3 Å². The summed E-state index contributed by atoms with van der Waals surface area (Å²) in [6.45, 7) is 2.92. The van der Waals surface area contributed by atoms with Crippen LogP contribution in [-0.4, -0.2) is 72.2 Å². The van der Waals surface area contributed by atoms with Crippen LogP contribution in [0.5, 0.6) is 5.75 Å². The average Bonchev–Trinajstić information content (AvgIpc) is 3.09. The van der Waals surface area contributed by atoms with Gasteiger partial charge >= 0.3 is 0 Å². The summed E-state index contributed by atoms with van der Waals surface area (Å²) in [5, 5.41) is 7.11. The lowest BCUT2D eigenvalue weighted by atomic mass is 10.1. The fourth-order valence-corrected chi connectivity index (χ4v) is 2.94. The summed E-state index contributed by atoms with van der Waals surface area (Å²) in [5.74, 6) is 0.414. The van der Waals surface area contributed by atoms with Gasteiger partial charge in [-0.15, -0.1) is 0 Å². The number of benzene rings is 1. The number of nitrogens with one attached hydrogen (secondary N) is 1. The van der Waals surface area contributed by atoms with E-state index in [0.29, 0.717) is 31.9 Å². The second-order valence-electron chi connectivity index (χ2n) is 6.77. The summed E-state index contributed by atoms with van der Waals surface area (Å²) < 4.78 is 6.78. The van der Waals surface area contributed by atoms with Crippen molar-refractivity contribution in [2.24, 2.45) is 0 Å². The zero-order valence-electron chi connectivity index (χ0n) is 15.9. The van der Waals surface area contributed by atoms with Crippen molar-refractivity contribution in [1.29, 1.82) is 0 Å². The maximum absolute atomic E-state index is 12.8. The van der Waals surface area contributed by atoms with Crippen LogP contribution in [0.1, 0.15) is 26.5 Å². The normalized spacial score (nSPS) is 13.6. The van der Waals surface area contributed by atoms with Crippen molar-refractivity contribution in [2.75, 3.05) is 40.8 Å². The Morgan fingerprint density at radius 3 is 2.67 bits per heavy atom. The smallest absolute Gasteiger partial charge is 0.272 e. The first-order chi connectivity index (χ1) is 13.0. The minimum absolute atomic E-state index is 0.114. The number of ether oxygens (including phenoxy) is 1. The van der Waals surface area contributed by atoms with Crippen LogP contribution in [0.3, 0.4) is 0 Å². The molecule has 1 aliphatic rings. The Kier molecular flexibility index (Phi) is 5.75. The van der Waals surface area contributed by atoms with Crippen LogP contribution in [0.4, 0.5) is 0 Å². The van der Waals surface area contributed by atoms with E-state index < -0.39 is 0 Å². The van der Waals surface area contributed by atoms with Crippen LogP contribution in [0.2, 0.25) is 0 Å². The molecule has 1 aromatic carbocycles. The summed E-state index contributed by atoms with van der Waals surface area (Å²) in [6, 6.07) is 9.23. The molecule has 1 N–H and O–H groups in total. The van der Waals surface area contributed by atoms with Crippen molar-refractivity contribution in [3.63, 3.8) is 0 Å². The van der Waals surface area contributed by atoms with Crippen LogP contribution in [-0.2, 0) is 13.1 Å². The van der Waals surface area contributed by atoms with Crippen LogP contribution >= 0.6 is 0 Å². The van der Waals surface area contributed by atoms with Crippen LogP contribution in [0.25, 0.3) is 0 Å². The van der Waals surface area contributed by atoms with Gasteiger partial charge in [0, 0.05) is 32.2 Å². The minimum atomic E-state index is -0.256. The minimum Gasteiger partial charge on any atom is -0.497 e. The largest absolute Gasteiger partial charge is 0.497 e. The summed E-state index contributed by atoms with van der Waals surface area (Å²) in [5.41, 5.74) is 1.76. The Hall–Kier alpha value is -2.87. The lowest BCUT2D eigenvalue weighted by Crippen LogP contribution is -2.39. The molecule has 0 radical (unpaired) electrons. The summed E-state index contributed by atoms with van der Waals surface area (Å²) >= 11 is 0. The van der Waals surface area contributed by atoms with Gasteiger partial charge in [0.25, 0.3) is 11.8 Å². The van der Waals surface area contributed by atoms with Gasteiger partial charge in [0.2, 0.25) is 0 Å². The number of hydrogen-bond donors (Lipinski definition) is 1. The van der Waals surface area contributed by atoms with Gasteiger partial charge in [-0.25, -0.2) is 0 Å². The van der Waals surface area contributed by atoms with Crippen LogP contribution < -0.4 is 10.1 Å². The Morgan fingerprint density at radius 2 is 2.00 bits per heavy atom. The summed E-state index contributed by atoms with van der Waals surface area (Å²) in [4.78, 5) is 28.8. The first-order valence-corrected chi connectivity index (χ1v) is 8.91. The topological polar surface area (TPSA) is 79.7 Å². The van der Waals surface area contributed by atoms with Crippen molar-refractivity contribution < 1.29 is 14.3 Å². The van der Waals surface area contributed by atoms with E-state index in [9.17, 15) is 9.59 Å². The molecule has 0 saturated carbocycles. The molecule has 27 heavy (non-hydrogen) atoms. The molecule has 0 aliphatic carbocycles. The highest BCUT2D eigenvalue weighted by atomic mass is 16.5. The molecule has 2 heterocycles. The van der Waals surface area contributed by atoms with Crippen molar-refractivity contribution in [3.8, 4) is 5.75 Å². The van der Waals surface area contributed by atoms with Gasteiger partial charge in [-0.05, 0) is 31.8 Å². The van der Waals surface area contributed by atoms with Gasteiger partial charge in [0.05, 0.1) is 13.7 Å². The third-order valence-electron chi connectivity index (χ3n) is 4.48. The monoisotopic (exact) mass is 371 g/mol. The second-order valence-corrected chi connectivity index (χ2v) is 6.77. The molecular weight excluding hydrogens is 346 g/mol. The maximum Gasteiger partial charge on any atom is 0.272 e. The Morgan fingerprint density at radius 1 is 1.26 bits per heavy atom. The molecule has 8 heteroatoms. The Labute approximate surface area is 158 Å². The molecule has 1 aliphatic heterocycles. The Bertz CT molecular complexity index is 813. The van der Waals surface area contributed by atoms with E-state index >= 15 is 0 Å². The SMILES string of the molecule is COc1ccc(CN2CCn3nc(C(=O)NCCN(C)C)cc3C2=O)cc1. The molecule has 2 aromatic rings. The molecular formula is C19H25N5O3. The number of amides is 2. The molecule has 3 rings (SSSR count). The van der Waals surface area contributed by atoms with Gasteiger partial charge < -0.3 is 19.9 Å².